The summed E-state index contributed by atoms with van der Waals surface area (Å²) in [5.41, 5.74) is 0.646. The van der Waals surface area contributed by atoms with Crippen LogP contribution in [0.4, 0.5) is 0 Å². The van der Waals surface area contributed by atoms with Crippen LogP contribution in [-0.2, 0) is 0 Å². The van der Waals surface area contributed by atoms with E-state index in [1.807, 2.05) is 0 Å². The molecule has 1 aliphatic rings. The van der Waals surface area contributed by atoms with Gasteiger partial charge in [-0.1, -0.05) is 6.92 Å². The molecule has 0 aliphatic heterocycles. The molecule has 0 spiro atoms. The van der Waals surface area contributed by atoms with Crippen LogP contribution in [-0.4, -0.2) is 24.3 Å². The van der Waals surface area contributed by atoms with Crippen LogP contribution in [0.3, 0.4) is 0 Å². The first-order valence-electron chi connectivity index (χ1n) is 5.57. The van der Waals surface area contributed by atoms with Gasteiger partial charge < -0.3 is 10.4 Å². The lowest BCUT2D eigenvalue weighted by molar-refractivity contribution is 0.274. The second-order valence-electron chi connectivity index (χ2n) is 4.50. The molecule has 2 nitrogen and oxygen atoms in total. The predicted octanol–water partition coefficient (Wildman–Crippen LogP) is 1.93. The summed E-state index contributed by atoms with van der Waals surface area (Å²) in [6.07, 6.45) is 6.14. The summed E-state index contributed by atoms with van der Waals surface area (Å²) in [7, 11) is 0. The van der Waals surface area contributed by atoms with Crippen LogP contribution in [0.15, 0.2) is 0 Å². The highest BCUT2D eigenvalue weighted by Crippen LogP contribution is 2.47. The highest BCUT2D eigenvalue weighted by atomic mass is 16.2. The molecule has 0 amide bonds. The van der Waals surface area contributed by atoms with Crippen molar-refractivity contribution in [3.05, 3.63) is 0 Å². The zero-order valence-corrected chi connectivity index (χ0v) is 8.97. The van der Waals surface area contributed by atoms with Crippen molar-refractivity contribution in [3.63, 3.8) is 0 Å². The van der Waals surface area contributed by atoms with Gasteiger partial charge in [0.05, 0.1) is 0 Å². The standard InChI is InChI=1S/C11H23NO/c1-3-11(6-7-11)9-12-10(2)5-4-8-13/h10,12-13H,3-9H2,1-2H3. The van der Waals surface area contributed by atoms with Crippen LogP contribution in [0.1, 0.15) is 46.0 Å². The lowest BCUT2D eigenvalue weighted by Gasteiger charge is -2.18. The Hall–Kier alpha value is -0.0800. The van der Waals surface area contributed by atoms with Gasteiger partial charge in [-0.25, -0.2) is 0 Å². The van der Waals surface area contributed by atoms with E-state index < -0.39 is 0 Å². The minimum atomic E-state index is 0.324. The third kappa shape index (κ3) is 3.65. The molecular weight excluding hydrogens is 162 g/mol. The zero-order chi connectivity index (χ0) is 9.73. The molecule has 0 saturated heterocycles. The Morgan fingerprint density at radius 2 is 2.15 bits per heavy atom. The maximum atomic E-state index is 8.67. The van der Waals surface area contributed by atoms with E-state index in [9.17, 15) is 0 Å². The minimum absolute atomic E-state index is 0.324. The normalized spacial score (nSPS) is 21.5. The van der Waals surface area contributed by atoms with Gasteiger partial charge in [0.15, 0.2) is 0 Å². The molecule has 1 aliphatic carbocycles. The van der Waals surface area contributed by atoms with Crippen LogP contribution in [0.2, 0.25) is 0 Å². The summed E-state index contributed by atoms with van der Waals surface area (Å²) in [6, 6.07) is 0.566. The number of hydrogen-bond acceptors (Lipinski definition) is 2. The van der Waals surface area contributed by atoms with E-state index in [1.54, 1.807) is 0 Å². The molecule has 1 fully saturated rings. The Balaban J connectivity index is 2.04. The number of hydrogen-bond donors (Lipinski definition) is 2. The molecule has 13 heavy (non-hydrogen) atoms. The number of aliphatic hydroxyl groups is 1. The molecule has 2 N–H and O–H groups in total. The van der Waals surface area contributed by atoms with Crippen molar-refractivity contribution in [3.8, 4) is 0 Å². The molecule has 0 aromatic carbocycles. The third-order valence-electron chi connectivity index (χ3n) is 3.33. The average Bonchev–Trinajstić information content (AvgIpc) is 2.92. The monoisotopic (exact) mass is 185 g/mol. The molecule has 0 bridgehead atoms. The zero-order valence-electron chi connectivity index (χ0n) is 8.97. The molecular formula is C11H23NO. The molecule has 0 aromatic heterocycles. The fourth-order valence-electron chi connectivity index (χ4n) is 1.72. The van der Waals surface area contributed by atoms with Crippen molar-refractivity contribution in [2.45, 2.75) is 52.0 Å². The molecule has 78 valence electrons. The maximum Gasteiger partial charge on any atom is 0.0431 e. The SMILES string of the molecule is CCC1(CNC(C)CCCO)CC1. The minimum Gasteiger partial charge on any atom is -0.396 e. The highest BCUT2D eigenvalue weighted by Gasteiger charge is 2.40. The summed E-state index contributed by atoms with van der Waals surface area (Å²) in [4.78, 5) is 0. The molecule has 1 unspecified atom stereocenters. The number of rotatable bonds is 7. The first-order chi connectivity index (χ1) is 6.22. The fourth-order valence-corrected chi connectivity index (χ4v) is 1.72. The van der Waals surface area contributed by atoms with Gasteiger partial charge in [-0.2, -0.15) is 0 Å². The van der Waals surface area contributed by atoms with Crippen LogP contribution in [0, 0.1) is 5.41 Å². The molecule has 2 heteroatoms. The Labute approximate surface area is 81.7 Å². The Morgan fingerprint density at radius 1 is 1.46 bits per heavy atom. The van der Waals surface area contributed by atoms with Crippen LogP contribution in [0.25, 0.3) is 0 Å². The van der Waals surface area contributed by atoms with E-state index in [2.05, 4.69) is 19.2 Å². The van der Waals surface area contributed by atoms with Crippen LogP contribution in [0.5, 0.6) is 0 Å². The van der Waals surface area contributed by atoms with Gasteiger partial charge in [-0.15, -0.1) is 0 Å². The van der Waals surface area contributed by atoms with Gasteiger partial charge in [0.2, 0.25) is 0 Å². The second-order valence-corrected chi connectivity index (χ2v) is 4.50. The van der Waals surface area contributed by atoms with Crippen LogP contribution < -0.4 is 5.32 Å². The van der Waals surface area contributed by atoms with Gasteiger partial charge in [0.25, 0.3) is 0 Å². The fraction of sp³-hybridized carbons (Fsp3) is 1.00. The van der Waals surface area contributed by atoms with E-state index in [1.165, 1.54) is 25.8 Å². The Morgan fingerprint density at radius 3 is 2.62 bits per heavy atom. The van der Waals surface area contributed by atoms with Crippen LogP contribution >= 0.6 is 0 Å². The summed E-state index contributed by atoms with van der Waals surface area (Å²) < 4.78 is 0. The molecule has 1 rings (SSSR count). The van der Waals surface area contributed by atoms with Crippen molar-refractivity contribution >= 4 is 0 Å². The number of aliphatic hydroxyl groups excluding tert-OH is 1. The van der Waals surface area contributed by atoms with Gasteiger partial charge in [0.1, 0.15) is 0 Å². The molecule has 0 heterocycles. The molecule has 1 atom stereocenters. The topological polar surface area (TPSA) is 32.3 Å². The van der Waals surface area contributed by atoms with Crippen molar-refractivity contribution in [2.24, 2.45) is 5.41 Å². The van der Waals surface area contributed by atoms with Crippen molar-refractivity contribution in [1.82, 2.24) is 5.32 Å². The van der Waals surface area contributed by atoms with Crippen molar-refractivity contribution < 1.29 is 5.11 Å². The summed E-state index contributed by atoms with van der Waals surface area (Å²) in [5.74, 6) is 0. The highest BCUT2D eigenvalue weighted by molar-refractivity contribution is 4.93. The first kappa shape index (κ1) is 11.0. The number of nitrogens with one attached hydrogen (secondary N) is 1. The van der Waals surface area contributed by atoms with Crippen molar-refractivity contribution in [1.29, 1.82) is 0 Å². The molecule has 0 aromatic rings. The maximum absolute atomic E-state index is 8.67. The van der Waals surface area contributed by atoms with Crippen molar-refractivity contribution in [2.75, 3.05) is 13.2 Å². The Bertz CT molecular complexity index is 143. The summed E-state index contributed by atoms with van der Waals surface area (Å²) in [6.45, 7) is 6.00. The quantitative estimate of drug-likeness (QED) is 0.635. The third-order valence-corrected chi connectivity index (χ3v) is 3.33. The largest absolute Gasteiger partial charge is 0.396 e. The molecule has 1 saturated carbocycles. The van der Waals surface area contributed by atoms with Gasteiger partial charge >= 0.3 is 0 Å². The van der Waals surface area contributed by atoms with Gasteiger partial charge in [0, 0.05) is 19.2 Å². The van der Waals surface area contributed by atoms with Gasteiger partial charge in [-0.05, 0) is 44.4 Å². The summed E-state index contributed by atoms with van der Waals surface area (Å²) in [5, 5.41) is 12.2. The van der Waals surface area contributed by atoms with E-state index in [4.69, 9.17) is 5.11 Å². The Kier molecular flexibility index (Phi) is 4.20. The second kappa shape index (κ2) is 4.97. The van der Waals surface area contributed by atoms with E-state index in [-0.39, 0.29) is 0 Å². The van der Waals surface area contributed by atoms with E-state index in [0.717, 1.165) is 12.8 Å². The lowest BCUT2D eigenvalue weighted by Crippen LogP contribution is -2.32. The smallest absolute Gasteiger partial charge is 0.0431 e. The van der Waals surface area contributed by atoms with Gasteiger partial charge in [-0.3, -0.25) is 0 Å². The predicted molar refractivity (Wildman–Crippen MR) is 55.7 cm³/mol. The van der Waals surface area contributed by atoms with E-state index in [0.29, 0.717) is 18.1 Å². The summed E-state index contributed by atoms with van der Waals surface area (Å²) >= 11 is 0. The lowest BCUT2D eigenvalue weighted by atomic mass is 10.0. The van der Waals surface area contributed by atoms with E-state index >= 15 is 0 Å². The molecule has 0 radical (unpaired) electrons. The average molecular weight is 185 g/mol. The first-order valence-corrected chi connectivity index (χ1v) is 5.57.